The number of halogens is 6. The van der Waals surface area contributed by atoms with Crippen molar-refractivity contribution in [1.29, 1.82) is 0 Å². The zero-order valence-electron chi connectivity index (χ0n) is 23.9. The van der Waals surface area contributed by atoms with E-state index in [0.717, 1.165) is 0 Å². The summed E-state index contributed by atoms with van der Waals surface area (Å²) in [7, 11) is 1.18. The molecule has 0 unspecified atom stereocenters. The van der Waals surface area contributed by atoms with Gasteiger partial charge in [-0.05, 0) is 60.7 Å². The van der Waals surface area contributed by atoms with Gasteiger partial charge in [0, 0.05) is 46.6 Å². The highest BCUT2D eigenvalue weighted by Crippen LogP contribution is 2.43. The molecule has 0 radical (unpaired) electrons. The number of carbonyl (C=O) groups excluding carboxylic acids is 1. The fourth-order valence-electron chi connectivity index (χ4n) is 6.44. The van der Waals surface area contributed by atoms with Gasteiger partial charge in [0.25, 0.3) is 0 Å². The number of rotatable bonds is 5. The molecule has 3 aliphatic rings. The lowest BCUT2D eigenvalue weighted by atomic mass is 9.85. The molecule has 3 aromatic carbocycles. The summed E-state index contributed by atoms with van der Waals surface area (Å²) >= 11 is 0. The van der Waals surface area contributed by atoms with Gasteiger partial charge in [-0.25, -0.2) is 14.2 Å². The molecule has 3 aliphatic heterocycles. The molecule has 13 heteroatoms. The number of anilines is 1. The van der Waals surface area contributed by atoms with Gasteiger partial charge < -0.3 is 19.5 Å². The average molecular weight is 634 g/mol. The smallest absolute Gasteiger partial charge is 0.448 e. The van der Waals surface area contributed by atoms with Crippen molar-refractivity contribution in [3.8, 4) is 11.5 Å². The molecule has 1 N–H and O–H groups in total. The van der Waals surface area contributed by atoms with Crippen LogP contribution in [0.25, 0.3) is 5.57 Å². The van der Waals surface area contributed by atoms with E-state index in [9.17, 15) is 41.0 Å². The van der Waals surface area contributed by atoms with Crippen molar-refractivity contribution >= 4 is 23.2 Å². The molecule has 0 saturated heterocycles. The van der Waals surface area contributed by atoms with E-state index in [0.29, 0.717) is 64.2 Å². The minimum Gasteiger partial charge on any atom is -0.478 e. The Hall–Kier alpha value is -4.55. The highest BCUT2D eigenvalue weighted by atomic mass is 19.4. The van der Waals surface area contributed by atoms with Crippen molar-refractivity contribution in [3.05, 3.63) is 86.4 Å². The van der Waals surface area contributed by atoms with Crippen LogP contribution < -0.4 is 24.8 Å². The third-order valence-electron chi connectivity index (χ3n) is 8.23. The molecule has 0 spiro atoms. The number of carboxylic acid groups (broad SMARTS) is 1. The van der Waals surface area contributed by atoms with E-state index in [1.807, 2.05) is 0 Å². The van der Waals surface area contributed by atoms with Crippen molar-refractivity contribution in [3.63, 3.8) is 0 Å². The number of alkyl halides is 6. The molecule has 0 saturated carbocycles. The number of hydrogen-bond donors (Lipinski definition) is 1. The second-order valence-corrected chi connectivity index (χ2v) is 11.3. The zero-order valence-corrected chi connectivity index (χ0v) is 23.9. The largest absolute Gasteiger partial charge is 0.478 e. The quantitative estimate of drug-likeness (QED) is 0.193. The number of esters is 1. The van der Waals surface area contributed by atoms with Crippen LogP contribution in [0.1, 0.15) is 55.8 Å². The SMILES string of the molecule is COC(=O)c1ccc(C(=O)O)c(C2=c3cc4c(cc3Oc3cc5c(cc32)CCCN5CC(F)(F)F)=[N+](CC(F)(F)F)CCC4)c1. The summed E-state index contributed by atoms with van der Waals surface area (Å²) in [4.78, 5) is 26.2. The van der Waals surface area contributed by atoms with Gasteiger partial charge in [-0.2, -0.15) is 26.3 Å². The van der Waals surface area contributed by atoms with Crippen LogP contribution in [0.5, 0.6) is 11.5 Å². The Balaban J connectivity index is 1.68. The number of aryl methyl sites for hydroxylation is 2. The van der Waals surface area contributed by atoms with Gasteiger partial charge in [0.05, 0.1) is 24.3 Å². The lowest BCUT2D eigenvalue weighted by molar-refractivity contribution is -0.128. The maximum absolute atomic E-state index is 13.5. The first-order valence-electron chi connectivity index (χ1n) is 14.2. The molecule has 0 amide bonds. The summed E-state index contributed by atoms with van der Waals surface area (Å²) in [5.41, 5.74) is 2.25. The fraction of sp³-hybridized carbons (Fsp3) is 0.344. The normalized spacial score (nSPS) is 15.8. The molecular weight excluding hydrogens is 606 g/mol. The summed E-state index contributed by atoms with van der Waals surface area (Å²) in [6, 6.07) is 10.2. The van der Waals surface area contributed by atoms with Crippen LogP contribution in [-0.2, 0) is 17.6 Å². The highest BCUT2D eigenvalue weighted by molar-refractivity contribution is 6.01. The van der Waals surface area contributed by atoms with E-state index >= 15 is 0 Å². The lowest BCUT2D eigenvalue weighted by Crippen LogP contribution is -2.43. The van der Waals surface area contributed by atoms with E-state index in [-0.39, 0.29) is 41.3 Å². The topological polar surface area (TPSA) is 79.1 Å². The maximum Gasteiger partial charge on any atom is 0.448 e. The number of benzene rings is 3. The van der Waals surface area contributed by atoms with Crippen molar-refractivity contribution in [1.82, 2.24) is 4.58 Å². The van der Waals surface area contributed by atoms with Crippen molar-refractivity contribution < 1.29 is 50.5 Å². The van der Waals surface area contributed by atoms with Crippen LogP contribution in [-0.4, -0.2) is 62.7 Å². The van der Waals surface area contributed by atoms with Crippen LogP contribution in [0, 0.1) is 0 Å². The zero-order chi connectivity index (χ0) is 32.3. The fourth-order valence-corrected chi connectivity index (χ4v) is 6.44. The third-order valence-corrected chi connectivity index (χ3v) is 8.23. The Labute approximate surface area is 252 Å². The van der Waals surface area contributed by atoms with Crippen molar-refractivity contribution in [2.24, 2.45) is 0 Å². The van der Waals surface area contributed by atoms with Crippen LogP contribution in [0.15, 0.2) is 42.5 Å². The third kappa shape index (κ3) is 5.95. The van der Waals surface area contributed by atoms with Gasteiger partial charge in [0.15, 0.2) is 0 Å². The monoisotopic (exact) mass is 633 g/mol. The van der Waals surface area contributed by atoms with E-state index in [1.54, 1.807) is 12.1 Å². The number of nitrogens with zero attached hydrogens (tertiary/aromatic N) is 2. The van der Waals surface area contributed by atoms with E-state index in [1.165, 1.54) is 46.9 Å². The Morgan fingerprint density at radius 3 is 2.38 bits per heavy atom. The molecule has 3 aromatic rings. The van der Waals surface area contributed by atoms with Gasteiger partial charge in [0.2, 0.25) is 11.9 Å². The van der Waals surface area contributed by atoms with Crippen LogP contribution in [0.3, 0.4) is 0 Å². The summed E-state index contributed by atoms with van der Waals surface area (Å²) < 4.78 is 93.1. The number of carboxylic acids is 1. The molecule has 0 aromatic heterocycles. The van der Waals surface area contributed by atoms with Crippen LogP contribution >= 0.6 is 0 Å². The number of ether oxygens (including phenoxy) is 2. The summed E-state index contributed by atoms with van der Waals surface area (Å²) in [6.45, 7) is -2.06. The first kappa shape index (κ1) is 30.5. The summed E-state index contributed by atoms with van der Waals surface area (Å²) in [5.74, 6) is -1.79. The minimum absolute atomic E-state index is 0.0585. The first-order valence-corrected chi connectivity index (χ1v) is 14.2. The van der Waals surface area contributed by atoms with Crippen molar-refractivity contribution in [2.45, 2.75) is 38.0 Å². The molecule has 236 valence electrons. The number of carbonyl (C=O) groups is 2. The molecule has 3 heterocycles. The highest BCUT2D eigenvalue weighted by Gasteiger charge is 2.37. The maximum atomic E-state index is 13.5. The van der Waals surface area contributed by atoms with E-state index in [4.69, 9.17) is 9.47 Å². The van der Waals surface area contributed by atoms with Crippen LogP contribution in [0.2, 0.25) is 0 Å². The molecule has 0 bridgehead atoms. The van der Waals surface area contributed by atoms with E-state index in [2.05, 4.69) is 0 Å². The number of fused-ring (bicyclic) bond motifs is 4. The molecule has 0 atom stereocenters. The van der Waals surface area contributed by atoms with E-state index < -0.39 is 37.4 Å². The van der Waals surface area contributed by atoms with Gasteiger partial charge in [-0.15, -0.1) is 0 Å². The molecule has 7 nitrogen and oxygen atoms in total. The Morgan fingerprint density at radius 2 is 1.69 bits per heavy atom. The Bertz CT molecular complexity index is 1870. The van der Waals surface area contributed by atoms with Crippen molar-refractivity contribution in [2.75, 3.05) is 38.2 Å². The second-order valence-electron chi connectivity index (χ2n) is 11.3. The van der Waals surface area contributed by atoms with Gasteiger partial charge in [-0.1, -0.05) is 0 Å². The average Bonchev–Trinajstić information content (AvgIpc) is 2.96. The minimum atomic E-state index is -4.47. The predicted molar refractivity (Wildman–Crippen MR) is 150 cm³/mol. The predicted octanol–water partition coefficient (Wildman–Crippen LogP) is 4.84. The Kier molecular flexibility index (Phi) is 7.52. The van der Waals surface area contributed by atoms with Crippen LogP contribution in [0.4, 0.5) is 32.0 Å². The van der Waals surface area contributed by atoms with Gasteiger partial charge in [0.1, 0.15) is 24.6 Å². The molecule has 45 heavy (non-hydrogen) atoms. The molecule has 6 rings (SSSR count). The molecular formula is C32H27F6N2O5+. The summed E-state index contributed by atoms with van der Waals surface area (Å²) in [5, 5.41) is 10.9. The number of hydrogen-bond acceptors (Lipinski definition) is 5. The first-order chi connectivity index (χ1) is 21.2. The van der Waals surface area contributed by atoms with Gasteiger partial charge in [-0.3, -0.25) is 0 Å². The van der Waals surface area contributed by atoms with Gasteiger partial charge >= 0.3 is 24.3 Å². The number of methoxy groups -OCH3 is 1. The standard InChI is InChI=1S/C32H26F6N2O5/c1-44-30(43)19-6-7-20(29(41)42)21(12-19)28-22-10-17-4-2-8-39(15-31(33,34)35)24(17)13-26(22)45-27-14-25-18(11-23(27)28)5-3-9-40(25)16-32(36,37)38/h6-7,10-14H,2-5,8-9,15-16H2,1H3/p+1. The summed E-state index contributed by atoms with van der Waals surface area (Å²) in [6.07, 6.45) is -7.11. The Morgan fingerprint density at radius 1 is 0.933 bits per heavy atom. The number of aromatic carboxylic acids is 1. The second kappa shape index (κ2) is 11.1. The lowest BCUT2D eigenvalue weighted by Gasteiger charge is -2.34. The molecule has 0 aliphatic carbocycles. The molecule has 0 fully saturated rings.